The molecule has 130 valence electrons. The van der Waals surface area contributed by atoms with Crippen LogP contribution < -0.4 is 5.32 Å². The molecule has 1 unspecified atom stereocenters. The van der Waals surface area contributed by atoms with Crippen molar-refractivity contribution in [3.05, 3.63) is 70.4 Å². The third kappa shape index (κ3) is 4.76. The number of rotatable bonds is 8. The highest BCUT2D eigenvalue weighted by molar-refractivity contribution is 7.10. The van der Waals surface area contributed by atoms with Gasteiger partial charge in [0.25, 0.3) is 0 Å². The summed E-state index contributed by atoms with van der Waals surface area (Å²) in [4.78, 5) is 17.5. The Balaban J connectivity index is 1.64. The standard InChI is InChI=1S/C19H22N4OS/c1-2-15-7-9-16(10-8-15)19(17-5-4-12-25-17)22-18(24)6-3-11-23-14-20-13-21-23/h4-5,7-10,12-14,19H,2-3,6,11H2,1H3,(H,22,24). The summed E-state index contributed by atoms with van der Waals surface area (Å²) >= 11 is 1.66. The first-order valence-corrected chi connectivity index (χ1v) is 9.38. The molecule has 1 atom stereocenters. The summed E-state index contributed by atoms with van der Waals surface area (Å²) in [6, 6.07) is 12.5. The summed E-state index contributed by atoms with van der Waals surface area (Å²) in [5, 5.41) is 9.27. The lowest BCUT2D eigenvalue weighted by Gasteiger charge is -2.18. The van der Waals surface area contributed by atoms with Gasteiger partial charge in [-0.1, -0.05) is 37.3 Å². The van der Waals surface area contributed by atoms with Crippen LogP contribution in [0.25, 0.3) is 0 Å². The predicted molar refractivity (Wildman–Crippen MR) is 99.4 cm³/mol. The Morgan fingerprint density at radius 2 is 2.12 bits per heavy atom. The fourth-order valence-electron chi connectivity index (χ4n) is 2.70. The highest BCUT2D eigenvalue weighted by atomic mass is 32.1. The van der Waals surface area contributed by atoms with Crippen molar-refractivity contribution in [1.82, 2.24) is 20.1 Å². The second-order valence-corrected chi connectivity index (χ2v) is 6.85. The van der Waals surface area contributed by atoms with Crippen molar-refractivity contribution in [3.8, 4) is 0 Å². The molecule has 0 fully saturated rings. The molecular weight excluding hydrogens is 332 g/mol. The number of hydrogen-bond donors (Lipinski definition) is 1. The second kappa shape index (κ2) is 8.58. The number of carbonyl (C=O) groups is 1. The third-order valence-electron chi connectivity index (χ3n) is 4.11. The largest absolute Gasteiger partial charge is 0.344 e. The third-order valence-corrected chi connectivity index (χ3v) is 5.05. The molecule has 0 saturated heterocycles. The number of benzene rings is 1. The van der Waals surface area contributed by atoms with Crippen molar-refractivity contribution in [1.29, 1.82) is 0 Å². The minimum absolute atomic E-state index is 0.0538. The van der Waals surface area contributed by atoms with Crippen LogP contribution >= 0.6 is 11.3 Å². The predicted octanol–water partition coefficient (Wildman–Crippen LogP) is 3.59. The minimum atomic E-state index is -0.0928. The Bertz CT molecular complexity index is 766. The number of nitrogens with one attached hydrogen (secondary N) is 1. The van der Waals surface area contributed by atoms with Gasteiger partial charge in [0.1, 0.15) is 12.7 Å². The second-order valence-electron chi connectivity index (χ2n) is 5.87. The van der Waals surface area contributed by atoms with E-state index in [9.17, 15) is 4.79 Å². The van der Waals surface area contributed by atoms with E-state index in [0.717, 1.165) is 23.3 Å². The molecule has 3 aromatic rings. The Labute approximate surface area is 151 Å². The number of thiophene rings is 1. The van der Waals surface area contributed by atoms with Crippen LogP contribution in [0.1, 0.15) is 41.8 Å². The van der Waals surface area contributed by atoms with Crippen LogP contribution in [0.15, 0.2) is 54.4 Å². The van der Waals surface area contributed by atoms with Gasteiger partial charge in [0.15, 0.2) is 0 Å². The molecule has 2 aromatic heterocycles. The van der Waals surface area contributed by atoms with Gasteiger partial charge in [0.05, 0.1) is 6.04 Å². The molecule has 2 heterocycles. The fraction of sp³-hybridized carbons (Fsp3) is 0.316. The van der Waals surface area contributed by atoms with E-state index < -0.39 is 0 Å². The van der Waals surface area contributed by atoms with Crippen LogP contribution in [0.3, 0.4) is 0 Å². The first-order chi connectivity index (χ1) is 12.3. The van der Waals surface area contributed by atoms with E-state index in [1.807, 2.05) is 11.4 Å². The van der Waals surface area contributed by atoms with Crippen LogP contribution in [0, 0.1) is 0 Å². The quantitative estimate of drug-likeness (QED) is 0.672. The lowest BCUT2D eigenvalue weighted by molar-refractivity contribution is -0.121. The van der Waals surface area contributed by atoms with E-state index in [2.05, 4.69) is 52.7 Å². The van der Waals surface area contributed by atoms with Crippen molar-refractivity contribution in [2.24, 2.45) is 0 Å². The van der Waals surface area contributed by atoms with Crippen LogP contribution in [-0.4, -0.2) is 20.7 Å². The molecule has 3 rings (SSSR count). The lowest BCUT2D eigenvalue weighted by Crippen LogP contribution is -2.28. The summed E-state index contributed by atoms with van der Waals surface area (Å²) in [7, 11) is 0. The zero-order valence-electron chi connectivity index (χ0n) is 14.3. The molecule has 1 N–H and O–H groups in total. The molecule has 5 nitrogen and oxygen atoms in total. The maximum absolute atomic E-state index is 12.4. The van der Waals surface area contributed by atoms with E-state index >= 15 is 0 Å². The summed E-state index contributed by atoms with van der Waals surface area (Å²) in [5.41, 5.74) is 2.41. The Kier molecular flexibility index (Phi) is 5.95. The first kappa shape index (κ1) is 17.4. The van der Waals surface area contributed by atoms with Crippen LogP contribution in [0.5, 0.6) is 0 Å². The number of aryl methyl sites for hydroxylation is 2. The van der Waals surface area contributed by atoms with E-state index in [1.165, 1.54) is 11.9 Å². The number of amides is 1. The average molecular weight is 354 g/mol. The van der Waals surface area contributed by atoms with Crippen molar-refractivity contribution in [2.75, 3.05) is 0 Å². The highest BCUT2D eigenvalue weighted by Gasteiger charge is 2.17. The highest BCUT2D eigenvalue weighted by Crippen LogP contribution is 2.26. The molecule has 0 radical (unpaired) electrons. The summed E-state index contributed by atoms with van der Waals surface area (Å²) < 4.78 is 1.74. The number of aromatic nitrogens is 3. The zero-order chi connectivity index (χ0) is 17.5. The molecule has 0 spiro atoms. The Morgan fingerprint density at radius 1 is 1.28 bits per heavy atom. The minimum Gasteiger partial charge on any atom is -0.344 e. The molecule has 1 amide bonds. The average Bonchev–Trinajstić information content (AvgIpc) is 3.34. The maximum atomic E-state index is 12.4. The van der Waals surface area contributed by atoms with E-state index in [4.69, 9.17) is 0 Å². The Morgan fingerprint density at radius 3 is 2.76 bits per heavy atom. The molecule has 0 aliphatic rings. The van der Waals surface area contributed by atoms with Crippen molar-refractivity contribution in [3.63, 3.8) is 0 Å². The molecule has 0 saturated carbocycles. The van der Waals surface area contributed by atoms with Crippen LogP contribution in [-0.2, 0) is 17.8 Å². The van der Waals surface area contributed by atoms with Gasteiger partial charge >= 0.3 is 0 Å². The summed E-state index contributed by atoms with van der Waals surface area (Å²) in [5.74, 6) is 0.0538. The topological polar surface area (TPSA) is 59.8 Å². The van der Waals surface area contributed by atoms with Gasteiger partial charge < -0.3 is 5.32 Å². The number of nitrogens with zero attached hydrogens (tertiary/aromatic N) is 3. The molecule has 6 heteroatoms. The van der Waals surface area contributed by atoms with Gasteiger partial charge in [-0.05, 0) is 35.4 Å². The molecule has 0 aliphatic carbocycles. The summed E-state index contributed by atoms with van der Waals surface area (Å²) in [6.07, 6.45) is 5.39. The molecular formula is C19H22N4OS. The van der Waals surface area contributed by atoms with Gasteiger partial charge in [0, 0.05) is 17.8 Å². The van der Waals surface area contributed by atoms with E-state index in [-0.39, 0.29) is 11.9 Å². The number of hydrogen-bond acceptors (Lipinski definition) is 4. The van der Waals surface area contributed by atoms with Gasteiger partial charge in [-0.3, -0.25) is 9.48 Å². The molecule has 1 aromatic carbocycles. The van der Waals surface area contributed by atoms with Crippen molar-refractivity contribution in [2.45, 2.75) is 38.8 Å². The van der Waals surface area contributed by atoms with Crippen LogP contribution in [0.4, 0.5) is 0 Å². The van der Waals surface area contributed by atoms with Gasteiger partial charge in [-0.25, -0.2) is 4.98 Å². The van der Waals surface area contributed by atoms with E-state index in [0.29, 0.717) is 13.0 Å². The van der Waals surface area contributed by atoms with Crippen molar-refractivity contribution >= 4 is 17.2 Å². The Hall–Kier alpha value is -2.47. The van der Waals surface area contributed by atoms with Crippen LogP contribution in [0.2, 0.25) is 0 Å². The van der Waals surface area contributed by atoms with Gasteiger partial charge in [-0.15, -0.1) is 11.3 Å². The monoisotopic (exact) mass is 354 g/mol. The summed E-state index contributed by atoms with van der Waals surface area (Å²) in [6.45, 7) is 2.84. The van der Waals surface area contributed by atoms with Gasteiger partial charge in [0.2, 0.25) is 5.91 Å². The first-order valence-electron chi connectivity index (χ1n) is 8.50. The fourth-order valence-corrected chi connectivity index (χ4v) is 3.51. The van der Waals surface area contributed by atoms with E-state index in [1.54, 1.807) is 22.3 Å². The molecule has 25 heavy (non-hydrogen) atoms. The molecule has 0 aliphatic heterocycles. The van der Waals surface area contributed by atoms with Crippen molar-refractivity contribution < 1.29 is 4.79 Å². The lowest BCUT2D eigenvalue weighted by atomic mass is 10.0. The number of carbonyl (C=O) groups excluding carboxylic acids is 1. The molecule has 0 bridgehead atoms. The zero-order valence-corrected chi connectivity index (χ0v) is 15.1. The SMILES string of the molecule is CCc1ccc(C(NC(=O)CCCn2cncn2)c2cccs2)cc1. The smallest absolute Gasteiger partial charge is 0.220 e. The maximum Gasteiger partial charge on any atom is 0.220 e. The van der Waals surface area contributed by atoms with Gasteiger partial charge in [-0.2, -0.15) is 5.10 Å². The normalized spacial score (nSPS) is 12.0.